The summed E-state index contributed by atoms with van der Waals surface area (Å²) >= 11 is 0. The summed E-state index contributed by atoms with van der Waals surface area (Å²) < 4.78 is 18.3. The molecule has 2 saturated heterocycles. The Hall–Kier alpha value is -2.60. The van der Waals surface area contributed by atoms with Crippen LogP contribution >= 0.6 is 0 Å². The minimum Gasteiger partial charge on any atom is -0.487 e. The van der Waals surface area contributed by atoms with Crippen molar-refractivity contribution in [2.24, 2.45) is 11.3 Å². The molecule has 1 aromatic carbocycles. The summed E-state index contributed by atoms with van der Waals surface area (Å²) in [6.07, 6.45) is 4.65. The lowest BCUT2D eigenvalue weighted by Crippen LogP contribution is -2.54. The van der Waals surface area contributed by atoms with Crippen molar-refractivity contribution in [2.75, 3.05) is 26.3 Å². The predicted octanol–water partition coefficient (Wildman–Crippen LogP) is 4.65. The number of ether oxygens (including phenoxy) is 3. The highest BCUT2D eigenvalue weighted by Gasteiger charge is 2.52. The van der Waals surface area contributed by atoms with Crippen LogP contribution < -0.4 is 9.47 Å². The Bertz CT molecular complexity index is 980. The summed E-state index contributed by atoms with van der Waals surface area (Å²) in [7, 11) is 0. The highest BCUT2D eigenvalue weighted by atomic mass is 16.5. The number of amides is 1. The van der Waals surface area contributed by atoms with Gasteiger partial charge in [0.25, 0.3) is 5.91 Å². The summed E-state index contributed by atoms with van der Waals surface area (Å²) in [5.74, 6) is 1.83. The SMILES string of the molecule is CCOc1ccc(C(=O)N2CCC3(CC2)CO[C@@H]2c4ccccc4OC(C)(C)[C@H]2C3)cn1. The van der Waals surface area contributed by atoms with E-state index in [2.05, 4.69) is 31.0 Å². The molecule has 5 rings (SSSR count). The molecule has 3 aliphatic rings. The summed E-state index contributed by atoms with van der Waals surface area (Å²) in [5.41, 5.74) is 1.60. The van der Waals surface area contributed by atoms with Crippen LogP contribution in [0.2, 0.25) is 0 Å². The maximum atomic E-state index is 13.0. The van der Waals surface area contributed by atoms with Crippen LogP contribution in [0.5, 0.6) is 11.6 Å². The van der Waals surface area contributed by atoms with E-state index < -0.39 is 0 Å². The number of pyridine rings is 1. The van der Waals surface area contributed by atoms with E-state index in [1.54, 1.807) is 18.3 Å². The molecule has 0 saturated carbocycles. The number of aromatic nitrogens is 1. The first-order chi connectivity index (χ1) is 15.4. The Labute approximate surface area is 189 Å². The van der Waals surface area contributed by atoms with Gasteiger partial charge in [-0.3, -0.25) is 4.79 Å². The molecule has 2 fully saturated rings. The number of likely N-dealkylation sites (tertiary alicyclic amines) is 1. The Morgan fingerprint density at radius 3 is 2.69 bits per heavy atom. The van der Waals surface area contributed by atoms with Crippen LogP contribution in [0.25, 0.3) is 0 Å². The van der Waals surface area contributed by atoms with Crippen molar-refractivity contribution in [2.45, 2.75) is 51.7 Å². The molecule has 6 heteroatoms. The molecule has 1 amide bonds. The van der Waals surface area contributed by atoms with E-state index in [4.69, 9.17) is 14.2 Å². The van der Waals surface area contributed by atoms with Crippen LogP contribution in [0.1, 0.15) is 62.1 Å². The molecule has 2 atom stereocenters. The Morgan fingerprint density at radius 2 is 1.97 bits per heavy atom. The summed E-state index contributed by atoms with van der Waals surface area (Å²) in [6.45, 7) is 9.06. The van der Waals surface area contributed by atoms with E-state index in [9.17, 15) is 4.79 Å². The van der Waals surface area contributed by atoms with Crippen molar-refractivity contribution in [3.63, 3.8) is 0 Å². The molecule has 0 radical (unpaired) electrons. The van der Waals surface area contributed by atoms with Gasteiger partial charge in [-0.15, -0.1) is 0 Å². The Kier molecular flexibility index (Phi) is 5.36. The minimum atomic E-state index is -0.284. The van der Waals surface area contributed by atoms with E-state index in [0.29, 0.717) is 24.0 Å². The largest absolute Gasteiger partial charge is 0.487 e. The van der Waals surface area contributed by atoms with Crippen LogP contribution in [-0.4, -0.2) is 47.7 Å². The number of carbonyl (C=O) groups is 1. The zero-order chi connectivity index (χ0) is 22.3. The number of piperidine rings is 1. The lowest BCUT2D eigenvalue weighted by molar-refractivity contribution is -0.173. The van der Waals surface area contributed by atoms with E-state index in [0.717, 1.165) is 44.7 Å². The van der Waals surface area contributed by atoms with Gasteiger partial charge in [-0.2, -0.15) is 0 Å². The average molecular weight is 437 g/mol. The molecule has 6 nitrogen and oxygen atoms in total. The number of hydrogen-bond acceptors (Lipinski definition) is 5. The van der Waals surface area contributed by atoms with Gasteiger partial charge in [0.1, 0.15) is 11.4 Å². The third-order valence-electron chi connectivity index (χ3n) is 7.47. The molecular formula is C26H32N2O4. The van der Waals surface area contributed by atoms with Gasteiger partial charge in [0.2, 0.25) is 5.88 Å². The molecular weight excluding hydrogens is 404 g/mol. The molecule has 0 unspecified atom stereocenters. The van der Waals surface area contributed by atoms with Crippen molar-refractivity contribution in [1.82, 2.24) is 9.88 Å². The molecule has 32 heavy (non-hydrogen) atoms. The summed E-state index contributed by atoms with van der Waals surface area (Å²) in [6, 6.07) is 11.8. The maximum Gasteiger partial charge on any atom is 0.255 e. The van der Waals surface area contributed by atoms with Crippen LogP contribution in [0.15, 0.2) is 42.6 Å². The third-order valence-corrected chi connectivity index (χ3v) is 7.47. The number of benzene rings is 1. The quantitative estimate of drug-likeness (QED) is 0.701. The van der Waals surface area contributed by atoms with Crippen molar-refractivity contribution >= 4 is 5.91 Å². The number of fused-ring (bicyclic) bond motifs is 3. The van der Waals surface area contributed by atoms with Crippen molar-refractivity contribution < 1.29 is 19.0 Å². The average Bonchev–Trinajstić information content (AvgIpc) is 2.80. The predicted molar refractivity (Wildman–Crippen MR) is 121 cm³/mol. The Balaban J connectivity index is 1.27. The molecule has 4 heterocycles. The fraction of sp³-hybridized carbons (Fsp3) is 0.538. The van der Waals surface area contributed by atoms with E-state index in [1.165, 1.54) is 5.56 Å². The minimum absolute atomic E-state index is 0.0419. The summed E-state index contributed by atoms with van der Waals surface area (Å²) in [4.78, 5) is 19.2. The standard InChI is InChI=1S/C26H32N2O4/c1-4-30-22-10-9-18(16-27-22)24(29)28-13-11-26(12-14-28)15-20-23(31-17-26)19-7-5-6-8-21(19)32-25(20,2)3/h5-10,16,20,23H,4,11-15,17H2,1-3H3/t20-,23+/m0/s1. The molecule has 0 N–H and O–H groups in total. The van der Waals surface area contributed by atoms with Gasteiger partial charge in [-0.25, -0.2) is 4.98 Å². The van der Waals surface area contributed by atoms with Gasteiger partial charge in [0.05, 0.1) is 24.9 Å². The van der Waals surface area contributed by atoms with Crippen molar-refractivity contribution in [3.05, 3.63) is 53.7 Å². The third kappa shape index (κ3) is 3.75. The number of nitrogens with zero attached hydrogens (tertiary/aromatic N) is 2. The van der Waals surface area contributed by atoms with Gasteiger partial charge < -0.3 is 19.1 Å². The number of carbonyl (C=O) groups excluding carboxylic acids is 1. The highest BCUT2D eigenvalue weighted by molar-refractivity contribution is 5.94. The summed E-state index contributed by atoms with van der Waals surface area (Å²) in [5, 5.41) is 0. The monoisotopic (exact) mass is 436 g/mol. The Morgan fingerprint density at radius 1 is 1.19 bits per heavy atom. The lowest BCUT2D eigenvalue weighted by Gasteiger charge is -2.54. The number of para-hydroxylation sites is 1. The first kappa shape index (κ1) is 21.3. The van der Waals surface area contributed by atoms with Crippen LogP contribution in [0.3, 0.4) is 0 Å². The maximum absolute atomic E-state index is 13.0. The second-order valence-corrected chi connectivity index (χ2v) is 9.90. The zero-order valence-corrected chi connectivity index (χ0v) is 19.2. The molecule has 1 aromatic heterocycles. The van der Waals surface area contributed by atoms with Crippen molar-refractivity contribution in [1.29, 1.82) is 0 Å². The fourth-order valence-electron chi connectivity index (χ4n) is 5.55. The second kappa shape index (κ2) is 8.07. The topological polar surface area (TPSA) is 60.9 Å². The number of hydrogen-bond donors (Lipinski definition) is 0. The van der Waals surface area contributed by atoms with E-state index in [1.807, 2.05) is 24.0 Å². The van der Waals surface area contributed by atoms with E-state index in [-0.39, 0.29) is 23.0 Å². The first-order valence-electron chi connectivity index (χ1n) is 11.7. The highest BCUT2D eigenvalue weighted by Crippen LogP contribution is 2.55. The van der Waals surface area contributed by atoms with Gasteiger partial charge in [-0.1, -0.05) is 18.2 Å². The molecule has 3 aliphatic heterocycles. The normalized spacial score (nSPS) is 25.4. The van der Waals surface area contributed by atoms with Crippen LogP contribution in [-0.2, 0) is 4.74 Å². The zero-order valence-electron chi connectivity index (χ0n) is 19.2. The van der Waals surface area contributed by atoms with Crippen LogP contribution in [0.4, 0.5) is 0 Å². The second-order valence-electron chi connectivity index (χ2n) is 9.90. The van der Waals surface area contributed by atoms with Gasteiger partial charge in [0, 0.05) is 36.8 Å². The number of rotatable bonds is 3. The molecule has 0 bridgehead atoms. The molecule has 2 aromatic rings. The lowest BCUT2D eigenvalue weighted by atomic mass is 9.64. The first-order valence-corrected chi connectivity index (χ1v) is 11.7. The smallest absolute Gasteiger partial charge is 0.255 e. The van der Waals surface area contributed by atoms with Gasteiger partial charge in [0.15, 0.2) is 0 Å². The van der Waals surface area contributed by atoms with Crippen molar-refractivity contribution in [3.8, 4) is 11.6 Å². The van der Waals surface area contributed by atoms with Gasteiger partial charge in [-0.05, 0) is 57.6 Å². The molecule has 170 valence electrons. The molecule has 1 spiro atoms. The fourth-order valence-corrected chi connectivity index (χ4v) is 5.55. The van der Waals surface area contributed by atoms with Gasteiger partial charge >= 0.3 is 0 Å². The van der Waals surface area contributed by atoms with E-state index >= 15 is 0 Å². The molecule has 0 aliphatic carbocycles. The van der Waals surface area contributed by atoms with Crippen LogP contribution in [0, 0.1) is 11.3 Å².